The van der Waals surface area contributed by atoms with Gasteiger partial charge in [0.15, 0.2) is 6.10 Å². The van der Waals surface area contributed by atoms with Gasteiger partial charge in [0.2, 0.25) is 10.0 Å². The first-order valence-electron chi connectivity index (χ1n) is 9.43. The molecule has 2 aromatic rings. The zero-order chi connectivity index (χ0) is 21.6. The molecule has 0 spiro atoms. The van der Waals surface area contributed by atoms with Crippen molar-refractivity contribution in [1.82, 2.24) is 4.72 Å². The van der Waals surface area contributed by atoms with E-state index in [1.807, 2.05) is 31.2 Å². The third kappa shape index (κ3) is 5.95. The van der Waals surface area contributed by atoms with Gasteiger partial charge in [0.1, 0.15) is 11.5 Å². The summed E-state index contributed by atoms with van der Waals surface area (Å²) in [5, 5.41) is 2.70. The van der Waals surface area contributed by atoms with E-state index in [9.17, 15) is 13.2 Å². The molecule has 0 aromatic heterocycles. The second-order valence-electron chi connectivity index (χ2n) is 6.85. The summed E-state index contributed by atoms with van der Waals surface area (Å²) in [5.41, 5.74) is 1.25. The number of hydrogen-bond acceptors (Lipinski definition) is 5. The third-order valence-corrected chi connectivity index (χ3v) is 5.81. The molecule has 2 N–H and O–H groups in total. The number of rotatable bonds is 9. The Hall–Kier alpha value is -2.58. The lowest BCUT2D eigenvalue weighted by molar-refractivity contribution is -0.122. The molecule has 158 valence electrons. The van der Waals surface area contributed by atoms with Gasteiger partial charge in [0.05, 0.1) is 17.7 Å². The van der Waals surface area contributed by atoms with Crippen molar-refractivity contribution in [3.8, 4) is 11.5 Å². The summed E-state index contributed by atoms with van der Waals surface area (Å²) >= 11 is 0. The second kappa shape index (κ2) is 9.76. The largest absolute Gasteiger partial charge is 0.495 e. The average Bonchev–Trinajstić information content (AvgIpc) is 2.67. The minimum Gasteiger partial charge on any atom is -0.495 e. The van der Waals surface area contributed by atoms with Crippen molar-refractivity contribution in [3.05, 3.63) is 48.0 Å². The maximum atomic E-state index is 12.7. The number of carbonyl (C=O) groups excluding carboxylic acids is 1. The lowest BCUT2D eigenvalue weighted by Gasteiger charge is -2.18. The molecule has 1 amide bonds. The Kier molecular flexibility index (Phi) is 7.64. The van der Waals surface area contributed by atoms with Gasteiger partial charge >= 0.3 is 0 Å². The molecule has 0 bridgehead atoms. The fourth-order valence-electron chi connectivity index (χ4n) is 2.72. The summed E-state index contributed by atoms with van der Waals surface area (Å²) in [5.74, 6) is 0.575. The smallest absolute Gasteiger partial charge is 0.265 e. The standard InChI is InChI=1S/C21H28N2O5S/c1-6-16-9-7-8-10-19(16)28-15(4)21(24)22-18-13-17(11-12-20(18)27-5)29(25,26)23-14(2)3/h7-15,23H,6H2,1-5H3,(H,22,24)/t15-/m0/s1. The first-order chi connectivity index (χ1) is 13.7. The van der Waals surface area contributed by atoms with Crippen molar-refractivity contribution in [2.24, 2.45) is 0 Å². The van der Waals surface area contributed by atoms with Gasteiger partial charge in [-0.05, 0) is 57.0 Å². The van der Waals surface area contributed by atoms with E-state index in [0.717, 1.165) is 12.0 Å². The van der Waals surface area contributed by atoms with Crippen LogP contribution in [0.15, 0.2) is 47.4 Å². The molecule has 2 aromatic carbocycles. The number of amides is 1. The van der Waals surface area contributed by atoms with Crippen molar-refractivity contribution < 1.29 is 22.7 Å². The highest BCUT2D eigenvalue weighted by Crippen LogP contribution is 2.28. The van der Waals surface area contributed by atoms with E-state index in [2.05, 4.69) is 10.0 Å². The SMILES string of the molecule is CCc1ccccc1O[C@@H](C)C(=O)Nc1cc(S(=O)(=O)NC(C)C)ccc1OC. The first kappa shape index (κ1) is 22.7. The van der Waals surface area contributed by atoms with E-state index >= 15 is 0 Å². The molecular weight excluding hydrogens is 392 g/mol. The summed E-state index contributed by atoms with van der Waals surface area (Å²) in [7, 11) is -2.26. The van der Waals surface area contributed by atoms with Crippen molar-refractivity contribution >= 4 is 21.6 Å². The molecule has 1 atom stereocenters. The first-order valence-corrected chi connectivity index (χ1v) is 10.9. The van der Waals surface area contributed by atoms with E-state index in [1.54, 1.807) is 20.8 Å². The molecule has 0 aliphatic rings. The summed E-state index contributed by atoms with van der Waals surface area (Å²) < 4.78 is 38.5. The number of sulfonamides is 1. The normalized spacial score (nSPS) is 12.5. The number of para-hydroxylation sites is 1. The van der Waals surface area contributed by atoms with Crippen LogP contribution in [0.25, 0.3) is 0 Å². The van der Waals surface area contributed by atoms with Crippen LogP contribution in [-0.2, 0) is 21.2 Å². The van der Waals surface area contributed by atoms with Crippen molar-refractivity contribution in [2.45, 2.75) is 51.2 Å². The summed E-state index contributed by atoms with van der Waals surface area (Å²) in [6.07, 6.45) is -0.0115. The van der Waals surface area contributed by atoms with Crippen LogP contribution in [0.3, 0.4) is 0 Å². The molecule has 0 unspecified atom stereocenters. The average molecular weight is 421 g/mol. The highest BCUT2D eigenvalue weighted by molar-refractivity contribution is 7.89. The van der Waals surface area contributed by atoms with Crippen LogP contribution >= 0.6 is 0 Å². The number of benzene rings is 2. The molecule has 0 saturated carbocycles. The van der Waals surface area contributed by atoms with Crippen LogP contribution in [0.1, 0.15) is 33.3 Å². The Bertz CT molecular complexity index is 957. The Morgan fingerprint density at radius 3 is 2.38 bits per heavy atom. The van der Waals surface area contributed by atoms with E-state index < -0.39 is 22.0 Å². The summed E-state index contributed by atoms with van der Waals surface area (Å²) in [6, 6.07) is 11.6. The zero-order valence-corrected chi connectivity index (χ0v) is 18.2. The Labute approximate surface area is 172 Å². The van der Waals surface area contributed by atoms with E-state index in [0.29, 0.717) is 11.5 Å². The molecular formula is C21H28N2O5S. The van der Waals surface area contributed by atoms with E-state index in [4.69, 9.17) is 9.47 Å². The predicted octanol–water partition coefficient (Wildman–Crippen LogP) is 3.35. The van der Waals surface area contributed by atoms with Gasteiger partial charge in [0, 0.05) is 6.04 Å². The van der Waals surface area contributed by atoms with Gasteiger partial charge in [-0.25, -0.2) is 13.1 Å². The van der Waals surface area contributed by atoms with Crippen LogP contribution in [0.2, 0.25) is 0 Å². The number of methoxy groups -OCH3 is 1. The van der Waals surface area contributed by atoms with Crippen LogP contribution in [0.5, 0.6) is 11.5 Å². The van der Waals surface area contributed by atoms with Gasteiger partial charge < -0.3 is 14.8 Å². The molecule has 0 aliphatic carbocycles. The lowest BCUT2D eigenvalue weighted by Crippen LogP contribution is -2.31. The zero-order valence-electron chi connectivity index (χ0n) is 17.4. The van der Waals surface area contributed by atoms with E-state index in [-0.39, 0.29) is 16.6 Å². The minimum absolute atomic E-state index is 0.0344. The highest BCUT2D eigenvalue weighted by atomic mass is 32.2. The fourth-order valence-corrected chi connectivity index (χ4v) is 4.00. The van der Waals surface area contributed by atoms with Crippen LogP contribution in [0.4, 0.5) is 5.69 Å². The number of anilines is 1. The fraction of sp³-hybridized carbons (Fsp3) is 0.381. The number of nitrogens with one attached hydrogen (secondary N) is 2. The number of aryl methyl sites for hydroxylation is 1. The molecule has 2 rings (SSSR count). The highest BCUT2D eigenvalue weighted by Gasteiger charge is 2.21. The number of ether oxygens (including phenoxy) is 2. The van der Waals surface area contributed by atoms with Crippen molar-refractivity contribution in [2.75, 3.05) is 12.4 Å². The Balaban J connectivity index is 2.23. The lowest BCUT2D eigenvalue weighted by atomic mass is 10.1. The number of hydrogen-bond donors (Lipinski definition) is 2. The molecule has 0 fully saturated rings. The molecule has 0 saturated heterocycles. The maximum absolute atomic E-state index is 12.7. The second-order valence-corrected chi connectivity index (χ2v) is 8.56. The maximum Gasteiger partial charge on any atom is 0.265 e. The molecule has 7 nitrogen and oxygen atoms in total. The van der Waals surface area contributed by atoms with Gasteiger partial charge in [0.25, 0.3) is 5.91 Å². The third-order valence-electron chi connectivity index (χ3n) is 4.16. The summed E-state index contributed by atoms with van der Waals surface area (Å²) in [4.78, 5) is 12.7. The van der Waals surface area contributed by atoms with Gasteiger partial charge in [-0.2, -0.15) is 0 Å². The quantitative estimate of drug-likeness (QED) is 0.649. The topological polar surface area (TPSA) is 93.7 Å². The van der Waals surface area contributed by atoms with Gasteiger partial charge in [-0.1, -0.05) is 25.1 Å². The van der Waals surface area contributed by atoms with E-state index in [1.165, 1.54) is 25.3 Å². The van der Waals surface area contributed by atoms with Gasteiger partial charge in [-0.3, -0.25) is 4.79 Å². The Morgan fingerprint density at radius 2 is 1.76 bits per heavy atom. The molecule has 0 aliphatic heterocycles. The molecule has 0 radical (unpaired) electrons. The summed E-state index contributed by atoms with van der Waals surface area (Å²) in [6.45, 7) is 7.11. The van der Waals surface area contributed by atoms with Gasteiger partial charge in [-0.15, -0.1) is 0 Å². The monoisotopic (exact) mass is 420 g/mol. The molecule has 29 heavy (non-hydrogen) atoms. The number of carbonyl (C=O) groups is 1. The molecule has 0 heterocycles. The van der Waals surface area contributed by atoms with Crippen LogP contribution in [-0.4, -0.2) is 33.6 Å². The van der Waals surface area contributed by atoms with Crippen LogP contribution < -0.4 is 19.5 Å². The van der Waals surface area contributed by atoms with Crippen molar-refractivity contribution in [1.29, 1.82) is 0 Å². The molecule has 8 heteroatoms. The predicted molar refractivity (Wildman–Crippen MR) is 113 cm³/mol. The van der Waals surface area contributed by atoms with Crippen molar-refractivity contribution in [3.63, 3.8) is 0 Å². The Morgan fingerprint density at radius 1 is 1.07 bits per heavy atom. The van der Waals surface area contributed by atoms with Crippen LogP contribution in [0, 0.1) is 0 Å². The minimum atomic E-state index is -3.71.